The first-order valence-electron chi connectivity index (χ1n) is 4.88. The topological polar surface area (TPSA) is 72.2 Å². The van der Waals surface area contributed by atoms with E-state index in [0.29, 0.717) is 5.56 Å². The van der Waals surface area contributed by atoms with Gasteiger partial charge in [-0.05, 0) is 18.6 Å². The average Bonchev–Trinajstić information content (AvgIpc) is 2.59. The summed E-state index contributed by atoms with van der Waals surface area (Å²) in [5.41, 5.74) is 0.544. The lowest BCUT2D eigenvalue weighted by Crippen LogP contribution is -2.22. The van der Waals surface area contributed by atoms with Crippen molar-refractivity contribution in [1.29, 1.82) is 0 Å². The lowest BCUT2D eigenvalue weighted by atomic mass is 10.2. The molecule has 5 nitrogen and oxygen atoms in total. The molecule has 0 spiro atoms. The number of amides is 1. The Morgan fingerprint density at radius 2 is 2.24 bits per heavy atom. The van der Waals surface area contributed by atoms with Gasteiger partial charge in [-0.2, -0.15) is 0 Å². The van der Waals surface area contributed by atoms with Crippen molar-refractivity contribution in [1.82, 2.24) is 5.32 Å². The van der Waals surface area contributed by atoms with Gasteiger partial charge in [-0.25, -0.2) is 0 Å². The fourth-order valence-electron chi connectivity index (χ4n) is 1.54. The van der Waals surface area contributed by atoms with Crippen LogP contribution in [0.3, 0.4) is 0 Å². The minimum Gasteiger partial charge on any atom is -0.339 e. The number of nitro groups is 1. The summed E-state index contributed by atoms with van der Waals surface area (Å²) < 4.78 is 0. The van der Waals surface area contributed by atoms with Crippen molar-refractivity contribution in [3.8, 4) is 0 Å². The van der Waals surface area contributed by atoms with Crippen molar-refractivity contribution in [2.45, 2.75) is 17.5 Å². The van der Waals surface area contributed by atoms with E-state index in [4.69, 9.17) is 11.6 Å². The Balaban J connectivity index is 2.31. The summed E-state index contributed by atoms with van der Waals surface area (Å²) in [6.45, 7) is 1.80. The van der Waals surface area contributed by atoms with Crippen LogP contribution in [0.4, 0.5) is 5.69 Å². The molecular weight excluding hydrogens is 264 g/mol. The average molecular weight is 273 g/mol. The van der Waals surface area contributed by atoms with Crippen molar-refractivity contribution in [2.24, 2.45) is 0 Å². The highest BCUT2D eigenvalue weighted by Gasteiger charge is 2.31. The quantitative estimate of drug-likeness (QED) is 0.663. The van der Waals surface area contributed by atoms with Gasteiger partial charge >= 0.3 is 0 Å². The van der Waals surface area contributed by atoms with Crippen molar-refractivity contribution in [3.05, 3.63) is 38.9 Å². The van der Waals surface area contributed by atoms with Gasteiger partial charge in [-0.3, -0.25) is 14.9 Å². The maximum Gasteiger partial charge on any atom is 0.288 e. The number of rotatable bonds is 2. The van der Waals surface area contributed by atoms with Crippen LogP contribution in [-0.4, -0.2) is 16.1 Å². The maximum absolute atomic E-state index is 11.4. The minimum absolute atomic E-state index is 0.0578. The molecule has 0 aliphatic carbocycles. The van der Waals surface area contributed by atoms with Crippen molar-refractivity contribution >= 4 is 35.0 Å². The largest absolute Gasteiger partial charge is 0.339 e. The van der Waals surface area contributed by atoms with E-state index >= 15 is 0 Å². The Hall–Kier alpha value is -1.27. The summed E-state index contributed by atoms with van der Waals surface area (Å²) in [5.74, 6) is -0.0578. The molecule has 1 aliphatic rings. The molecule has 1 amide bonds. The second-order valence-electron chi connectivity index (χ2n) is 3.63. The van der Waals surface area contributed by atoms with Crippen molar-refractivity contribution in [2.75, 3.05) is 0 Å². The van der Waals surface area contributed by atoms with E-state index in [-0.39, 0.29) is 27.2 Å². The Labute approximate surface area is 107 Å². The van der Waals surface area contributed by atoms with Gasteiger partial charge in [0.15, 0.2) is 0 Å². The number of thioether (sulfide) groups is 1. The van der Waals surface area contributed by atoms with Crippen LogP contribution in [0.5, 0.6) is 0 Å². The summed E-state index contributed by atoms with van der Waals surface area (Å²) in [7, 11) is 0. The van der Waals surface area contributed by atoms with E-state index in [9.17, 15) is 14.9 Å². The molecule has 1 aromatic carbocycles. The summed E-state index contributed by atoms with van der Waals surface area (Å²) in [4.78, 5) is 21.6. The van der Waals surface area contributed by atoms with Crippen LogP contribution < -0.4 is 5.32 Å². The molecule has 1 aliphatic heterocycles. The number of hydrogen-bond donors (Lipinski definition) is 1. The summed E-state index contributed by atoms with van der Waals surface area (Å²) in [5, 5.41) is 13.2. The second-order valence-corrected chi connectivity index (χ2v) is 5.49. The number of carbonyl (C=O) groups is 1. The van der Waals surface area contributed by atoms with Crippen molar-refractivity contribution < 1.29 is 9.72 Å². The van der Waals surface area contributed by atoms with Crippen molar-refractivity contribution in [3.63, 3.8) is 0 Å². The zero-order valence-corrected chi connectivity index (χ0v) is 10.4. The zero-order chi connectivity index (χ0) is 12.6. The lowest BCUT2D eigenvalue weighted by Gasteiger charge is -2.09. The molecule has 0 radical (unpaired) electrons. The van der Waals surface area contributed by atoms with Gasteiger partial charge in [0, 0.05) is 6.07 Å². The number of benzene rings is 1. The molecule has 0 saturated carbocycles. The molecule has 2 rings (SSSR count). The zero-order valence-electron chi connectivity index (χ0n) is 8.84. The third kappa shape index (κ3) is 2.37. The molecule has 90 valence electrons. The monoisotopic (exact) mass is 272 g/mol. The number of carbonyl (C=O) groups excluding carboxylic acids is 1. The second kappa shape index (κ2) is 4.54. The molecule has 0 bridgehead atoms. The van der Waals surface area contributed by atoms with E-state index in [1.807, 2.05) is 0 Å². The molecule has 1 fully saturated rings. The standard InChI is InChI=1S/C10H9ClN2O3S/c1-5-9(14)12-10(17-5)6-2-3-7(11)8(4-6)13(15)16/h2-5,10H,1H3,(H,12,14)/t5-,10+/m1/s1. The van der Waals surface area contributed by atoms with Crippen LogP contribution in [0.15, 0.2) is 18.2 Å². The summed E-state index contributed by atoms with van der Waals surface area (Å²) >= 11 is 7.15. The summed E-state index contributed by atoms with van der Waals surface area (Å²) in [6, 6.07) is 4.56. The number of halogens is 1. The van der Waals surface area contributed by atoms with Crippen LogP contribution >= 0.6 is 23.4 Å². The molecular formula is C10H9ClN2O3S. The van der Waals surface area contributed by atoms with E-state index in [1.54, 1.807) is 13.0 Å². The van der Waals surface area contributed by atoms with Crippen LogP contribution in [0, 0.1) is 10.1 Å². The van der Waals surface area contributed by atoms with Gasteiger partial charge in [0.05, 0.1) is 10.2 Å². The van der Waals surface area contributed by atoms with E-state index in [0.717, 1.165) is 0 Å². The number of hydrogen-bond acceptors (Lipinski definition) is 4. The van der Waals surface area contributed by atoms with Gasteiger partial charge < -0.3 is 5.32 Å². The number of nitrogens with one attached hydrogen (secondary N) is 1. The maximum atomic E-state index is 11.4. The Kier molecular flexibility index (Phi) is 3.26. The molecule has 0 unspecified atom stereocenters. The van der Waals surface area contributed by atoms with Crippen LogP contribution in [0.2, 0.25) is 5.02 Å². The predicted molar refractivity (Wildman–Crippen MR) is 66.0 cm³/mol. The number of nitro benzene ring substituents is 1. The Morgan fingerprint density at radius 3 is 2.76 bits per heavy atom. The van der Waals surface area contributed by atoms with Gasteiger partial charge in [-0.1, -0.05) is 17.7 Å². The highest BCUT2D eigenvalue weighted by atomic mass is 35.5. The van der Waals surface area contributed by atoms with Crippen LogP contribution in [-0.2, 0) is 4.79 Å². The molecule has 0 aromatic heterocycles. The third-order valence-corrected chi connectivity index (χ3v) is 4.06. The summed E-state index contributed by atoms with van der Waals surface area (Å²) in [6.07, 6.45) is 0. The predicted octanol–water partition coefficient (Wildman–Crippen LogP) is 2.50. The van der Waals surface area contributed by atoms with Crippen LogP contribution in [0.25, 0.3) is 0 Å². The van der Waals surface area contributed by atoms with Gasteiger partial charge in [0.1, 0.15) is 10.4 Å². The lowest BCUT2D eigenvalue weighted by molar-refractivity contribution is -0.384. The highest BCUT2D eigenvalue weighted by molar-refractivity contribution is 8.01. The first-order chi connectivity index (χ1) is 7.99. The first-order valence-corrected chi connectivity index (χ1v) is 6.21. The smallest absolute Gasteiger partial charge is 0.288 e. The number of nitrogens with zero attached hydrogens (tertiary/aromatic N) is 1. The Bertz CT molecular complexity index is 494. The molecule has 1 N–H and O–H groups in total. The first kappa shape index (κ1) is 12.2. The SMILES string of the molecule is C[C@H]1S[C@@H](c2ccc(Cl)c([N+](=O)[O-])c2)NC1=O. The molecule has 1 aromatic rings. The van der Waals surface area contributed by atoms with E-state index in [1.165, 1.54) is 23.9 Å². The normalized spacial score (nSPS) is 23.5. The van der Waals surface area contributed by atoms with Gasteiger partial charge in [0.2, 0.25) is 5.91 Å². The molecule has 17 heavy (non-hydrogen) atoms. The minimum atomic E-state index is -0.531. The van der Waals surface area contributed by atoms with Gasteiger partial charge in [-0.15, -0.1) is 11.8 Å². The fraction of sp³-hybridized carbons (Fsp3) is 0.300. The fourth-order valence-corrected chi connectivity index (χ4v) is 2.82. The van der Waals surface area contributed by atoms with Gasteiger partial charge in [0.25, 0.3) is 5.69 Å². The van der Waals surface area contributed by atoms with E-state index in [2.05, 4.69) is 5.32 Å². The van der Waals surface area contributed by atoms with E-state index < -0.39 is 4.92 Å². The highest BCUT2D eigenvalue weighted by Crippen LogP contribution is 2.37. The third-order valence-electron chi connectivity index (χ3n) is 2.45. The Morgan fingerprint density at radius 1 is 1.53 bits per heavy atom. The molecule has 2 atom stereocenters. The van der Waals surface area contributed by atoms with Crippen LogP contribution in [0.1, 0.15) is 17.9 Å². The molecule has 7 heteroatoms. The molecule has 1 heterocycles. The molecule has 1 saturated heterocycles.